The van der Waals surface area contributed by atoms with E-state index in [0.29, 0.717) is 10.6 Å². The highest BCUT2D eigenvalue weighted by molar-refractivity contribution is 6.31. The van der Waals surface area contributed by atoms with Crippen LogP contribution < -0.4 is 16.6 Å². The van der Waals surface area contributed by atoms with E-state index >= 15 is 0 Å². The third kappa shape index (κ3) is 3.90. The fourth-order valence-corrected chi connectivity index (χ4v) is 2.21. The summed E-state index contributed by atoms with van der Waals surface area (Å²) in [6.07, 6.45) is 1.88. The third-order valence-electron chi connectivity index (χ3n) is 3.58. The monoisotopic (exact) mass is 335 g/mol. The number of carbonyl (C=O) groups is 1. The molecular formula is C16H18ClN3O3. The standard InChI is InChI=1S/C16H18ClN3O3/c1-3-10(2)19-14(21)12-8-18-16(23)20(15(12)22)9-11-6-4-5-7-13(11)17/h4-8,10H,3,9H2,1-2H3,(H,18,23)(H,19,21). The maximum atomic E-state index is 12.5. The number of halogens is 1. The lowest BCUT2D eigenvalue weighted by Gasteiger charge is -2.12. The van der Waals surface area contributed by atoms with E-state index in [4.69, 9.17) is 11.6 Å². The average Bonchev–Trinajstić information content (AvgIpc) is 2.52. The Bertz CT molecular complexity index is 826. The number of aromatic nitrogens is 2. The molecule has 7 heteroatoms. The van der Waals surface area contributed by atoms with Crippen molar-refractivity contribution in [3.05, 3.63) is 67.4 Å². The predicted octanol–water partition coefficient (Wildman–Crippen LogP) is 1.77. The minimum absolute atomic E-state index is 0.00170. The van der Waals surface area contributed by atoms with Gasteiger partial charge >= 0.3 is 5.69 Å². The van der Waals surface area contributed by atoms with Crippen LogP contribution in [0.5, 0.6) is 0 Å². The Labute approximate surface area is 138 Å². The molecule has 1 aromatic heterocycles. The zero-order valence-electron chi connectivity index (χ0n) is 12.9. The van der Waals surface area contributed by atoms with Crippen LogP contribution in [0.4, 0.5) is 0 Å². The number of benzene rings is 1. The van der Waals surface area contributed by atoms with Crippen LogP contribution in [0.15, 0.2) is 40.1 Å². The van der Waals surface area contributed by atoms with Gasteiger partial charge in [0.2, 0.25) is 0 Å². The molecule has 2 aromatic rings. The molecule has 0 bridgehead atoms. The number of nitrogens with zero attached hydrogens (tertiary/aromatic N) is 1. The first-order chi connectivity index (χ1) is 10.9. The van der Waals surface area contributed by atoms with Crippen molar-refractivity contribution in [2.24, 2.45) is 0 Å². The molecule has 0 aliphatic heterocycles. The van der Waals surface area contributed by atoms with Gasteiger partial charge in [-0.2, -0.15) is 0 Å². The number of hydrogen-bond donors (Lipinski definition) is 2. The second-order valence-corrected chi connectivity index (χ2v) is 5.68. The molecule has 0 radical (unpaired) electrons. The third-order valence-corrected chi connectivity index (χ3v) is 3.95. The number of amides is 1. The van der Waals surface area contributed by atoms with Crippen molar-refractivity contribution in [2.45, 2.75) is 32.9 Å². The molecule has 0 saturated carbocycles. The highest BCUT2D eigenvalue weighted by Gasteiger charge is 2.16. The summed E-state index contributed by atoms with van der Waals surface area (Å²) in [4.78, 5) is 39.0. The Morgan fingerprint density at radius 1 is 1.35 bits per heavy atom. The van der Waals surface area contributed by atoms with E-state index in [1.165, 1.54) is 0 Å². The lowest BCUT2D eigenvalue weighted by atomic mass is 10.2. The van der Waals surface area contributed by atoms with Gasteiger partial charge in [-0.05, 0) is 25.0 Å². The number of rotatable bonds is 5. The summed E-state index contributed by atoms with van der Waals surface area (Å²) in [7, 11) is 0. The van der Waals surface area contributed by atoms with E-state index in [9.17, 15) is 14.4 Å². The zero-order chi connectivity index (χ0) is 17.0. The maximum absolute atomic E-state index is 12.5. The van der Waals surface area contributed by atoms with Crippen molar-refractivity contribution in [1.29, 1.82) is 0 Å². The Hall–Kier alpha value is -2.34. The second kappa shape index (κ2) is 7.28. The van der Waals surface area contributed by atoms with E-state index in [-0.39, 0.29) is 18.2 Å². The molecule has 0 aliphatic carbocycles. The van der Waals surface area contributed by atoms with Crippen LogP contribution in [0.2, 0.25) is 5.02 Å². The van der Waals surface area contributed by atoms with Gasteiger partial charge in [0.05, 0.1) is 6.54 Å². The first-order valence-corrected chi connectivity index (χ1v) is 7.68. The molecule has 122 valence electrons. The smallest absolute Gasteiger partial charge is 0.328 e. The van der Waals surface area contributed by atoms with Crippen molar-refractivity contribution >= 4 is 17.5 Å². The van der Waals surface area contributed by atoms with Gasteiger partial charge < -0.3 is 10.3 Å². The summed E-state index contributed by atoms with van der Waals surface area (Å²) in [5.74, 6) is -0.506. The van der Waals surface area contributed by atoms with E-state index in [1.807, 2.05) is 13.8 Å². The van der Waals surface area contributed by atoms with Gasteiger partial charge in [-0.1, -0.05) is 36.7 Å². The maximum Gasteiger partial charge on any atom is 0.328 e. The minimum Gasteiger partial charge on any atom is -0.349 e. The number of hydrogen-bond acceptors (Lipinski definition) is 3. The van der Waals surface area contributed by atoms with Crippen molar-refractivity contribution in [2.75, 3.05) is 0 Å². The Morgan fingerprint density at radius 2 is 2.04 bits per heavy atom. The van der Waals surface area contributed by atoms with Crippen molar-refractivity contribution < 1.29 is 4.79 Å². The molecule has 0 spiro atoms. The molecule has 1 amide bonds. The zero-order valence-corrected chi connectivity index (χ0v) is 13.7. The molecule has 2 rings (SSSR count). The Morgan fingerprint density at radius 3 is 2.70 bits per heavy atom. The van der Waals surface area contributed by atoms with Crippen molar-refractivity contribution in [1.82, 2.24) is 14.9 Å². The largest absolute Gasteiger partial charge is 0.349 e. The molecule has 0 saturated heterocycles. The number of nitrogens with one attached hydrogen (secondary N) is 2. The quantitative estimate of drug-likeness (QED) is 0.873. The summed E-state index contributed by atoms with van der Waals surface area (Å²) in [6, 6.07) is 6.86. The highest BCUT2D eigenvalue weighted by Crippen LogP contribution is 2.14. The lowest BCUT2D eigenvalue weighted by molar-refractivity contribution is 0.0936. The molecule has 0 fully saturated rings. The van der Waals surface area contributed by atoms with Gasteiger partial charge in [-0.3, -0.25) is 14.2 Å². The fraction of sp³-hybridized carbons (Fsp3) is 0.312. The SMILES string of the molecule is CCC(C)NC(=O)c1c[nH]c(=O)n(Cc2ccccc2Cl)c1=O. The van der Waals surface area contributed by atoms with E-state index in [1.54, 1.807) is 24.3 Å². The van der Waals surface area contributed by atoms with Crippen LogP contribution in [0.1, 0.15) is 36.2 Å². The summed E-state index contributed by atoms with van der Waals surface area (Å²) in [6.45, 7) is 3.76. The minimum atomic E-state index is -0.644. The molecule has 2 N–H and O–H groups in total. The average molecular weight is 336 g/mol. The van der Waals surface area contributed by atoms with Crippen LogP contribution in [0.3, 0.4) is 0 Å². The molecule has 6 nitrogen and oxygen atoms in total. The van der Waals surface area contributed by atoms with Crippen LogP contribution in [-0.2, 0) is 6.54 Å². The molecule has 0 aliphatic rings. The summed E-state index contributed by atoms with van der Waals surface area (Å²) < 4.78 is 0.965. The van der Waals surface area contributed by atoms with Crippen molar-refractivity contribution in [3.63, 3.8) is 0 Å². The van der Waals surface area contributed by atoms with Gasteiger partial charge in [-0.15, -0.1) is 0 Å². The van der Waals surface area contributed by atoms with E-state index in [2.05, 4.69) is 10.3 Å². The van der Waals surface area contributed by atoms with Crippen LogP contribution >= 0.6 is 11.6 Å². The first-order valence-electron chi connectivity index (χ1n) is 7.30. The molecule has 1 atom stereocenters. The molecule has 23 heavy (non-hydrogen) atoms. The molecule has 1 heterocycles. The number of H-pyrrole nitrogens is 1. The van der Waals surface area contributed by atoms with Gasteiger partial charge in [0.25, 0.3) is 11.5 Å². The fourth-order valence-electron chi connectivity index (χ4n) is 2.02. The number of carbonyl (C=O) groups excluding carboxylic acids is 1. The van der Waals surface area contributed by atoms with Gasteiger partial charge in [0, 0.05) is 17.3 Å². The summed E-state index contributed by atoms with van der Waals surface area (Å²) >= 11 is 6.06. The van der Waals surface area contributed by atoms with Gasteiger partial charge in [-0.25, -0.2) is 4.79 Å². The summed E-state index contributed by atoms with van der Waals surface area (Å²) in [5, 5.41) is 3.16. The lowest BCUT2D eigenvalue weighted by Crippen LogP contribution is -2.42. The van der Waals surface area contributed by atoms with Gasteiger partial charge in [0.1, 0.15) is 5.56 Å². The van der Waals surface area contributed by atoms with Crippen LogP contribution in [0.25, 0.3) is 0 Å². The molecular weight excluding hydrogens is 318 g/mol. The normalized spacial score (nSPS) is 12.0. The topological polar surface area (TPSA) is 84.0 Å². The van der Waals surface area contributed by atoms with Crippen LogP contribution in [0, 0.1) is 0 Å². The van der Waals surface area contributed by atoms with Crippen LogP contribution in [-0.4, -0.2) is 21.5 Å². The molecule has 1 unspecified atom stereocenters. The number of aromatic amines is 1. The van der Waals surface area contributed by atoms with E-state index in [0.717, 1.165) is 17.2 Å². The first kappa shape index (κ1) is 17.0. The predicted molar refractivity (Wildman–Crippen MR) is 89.1 cm³/mol. The summed E-state index contributed by atoms with van der Waals surface area (Å²) in [5.41, 5.74) is -0.706. The Balaban J connectivity index is 2.40. The Kier molecular flexibility index (Phi) is 5.39. The second-order valence-electron chi connectivity index (χ2n) is 5.27. The van der Waals surface area contributed by atoms with E-state index < -0.39 is 17.2 Å². The van der Waals surface area contributed by atoms with Crippen molar-refractivity contribution in [3.8, 4) is 0 Å². The highest BCUT2D eigenvalue weighted by atomic mass is 35.5. The van der Waals surface area contributed by atoms with Gasteiger partial charge in [0.15, 0.2) is 0 Å². The molecule has 1 aromatic carbocycles.